The maximum Gasteiger partial charge on any atom is 0.195 e. The number of sulfone groups is 1. The van der Waals surface area contributed by atoms with Crippen LogP contribution in [0.4, 0.5) is 5.69 Å². The molecule has 0 aliphatic heterocycles. The van der Waals surface area contributed by atoms with Gasteiger partial charge in [0.05, 0.1) is 18.5 Å². The Morgan fingerprint density at radius 1 is 1.28 bits per heavy atom. The van der Waals surface area contributed by atoms with E-state index < -0.39 is 14.6 Å². The molecule has 9 heteroatoms. The normalized spacial score (nSPS) is 12.2. The lowest BCUT2D eigenvalue weighted by atomic mass is 10.2. The first-order valence-corrected chi connectivity index (χ1v) is 9.52. The Labute approximate surface area is 167 Å². The van der Waals surface area contributed by atoms with Crippen molar-refractivity contribution in [1.29, 1.82) is 0 Å². The fourth-order valence-corrected chi connectivity index (χ4v) is 2.10. The van der Waals surface area contributed by atoms with Crippen LogP contribution in [-0.4, -0.2) is 52.7 Å². The van der Waals surface area contributed by atoms with Gasteiger partial charge in [-0.2, -0.15) is 0 Å². The second kappa shape index (κ2) is 10.0. The summed E-state index contributed by atoms with van der Waals surface area (Å²) in [5.74, 6) is 1.74. The van der Waals surface area contributed by atoms with Crippen molar-refractivity contribution < 1.29 is 17.9 Å². The average Bonchev–Trinajstić information content (AvgIpc) is 2.51. The fourth-order valence-electron chi connectivity index (χ4n) is 1.77. The number of halogens is 1. The van der Waals surface area contributed by atoms with Crippen molar-refractivity contribution in [1.82, 2.24) is 5.32 Å². The van der Waals surface area contributed by atoms with Gasteiger partial charge in [-0.25, -0.2) is 8.42 Å². The molecule has 0 amide bonds. The highest BCUT2D eigenvalue weighted by atomic mass is 127. The summed E-state index contributed by atoms with van der Waals surface area (Å²) in [6.07, 6.45) is 1.22. The van der Waals surface area contributed by atoms with Gasteiger partial charge in [-0.3, -0.25) is 4.99 Å². The van der Waals surface area contributed by atoms with Crippen molar-refractivity contribution in [2.24, 2.45) is 4.99 Å². The van der Waals surface area contributed by atoms with Gasteiger partial charge in [-0.1, -0.05) is 0 Å². The first kappa shape index (κ1) is 23.8. The molecule has 0 fully saturated rings. The van der Waals surface area contributed by atoms with Gasteiger partial charge in [0.25, 0.3) is 0 Å². The topological polar surface area (TPSA) is 89.0 Å². The molecule has 0 aromatic heterocycles. The van der Waals surface area contributed by atoms with Crippen LogP contribution in [0.1, 0.15) is 20.8 Å². The third-order valence-corrected chi connectivity index (χ3v) is 5.79. The molecule has 0 radical (unpaired) electrons. The highest BCUT2D eigenvalue weighted by molar-refractivity contribution is 14.0. The quantitative estimate of drug-likeness (QED) is 0.351. The molecule has 0 atom stereocenters. The molecule has 0 aliphatic rings. The van der Waals surface area contributed by atoms with Gasteiger partial charge in [0, 0.05) is 31.6 Å². The summed E-state index contributed by atoms with van der Waals surface area (Å²) >= 11 is 0. The van der Waals surface area contributed by atoms with Crippen LogP contribution in [0.25, 0.3) is 0 Å². The minimum atomic E-state index is -3.18. The van der Waals surface area contributed by atoms with Gasteiger partial charge in [0.1, 0.15) is 0 Å². The number of benzene rings is 1. The van der Waals surface area contributed by atoms with E-state index in [1.54, 1.807) is 40.1 Å². The predicted molar refractivity (Wildman–Crippen MR) is 113 cm³/mol. The van der Waals surface area contributed by atoms with Gasteiger partial charge in [0.2, 0.25) is 0 Å². The van der Waals surface area contributed by atoms with E-state index in [0.717, 1.165) is 5.69 Å². The van der Waals surface area contributed by atoms with Crippen LogP contribution in [0.5, 0.6) is 11.5 Å². The van der Waals surface area contributed by atoms with E-state index in [1.807, 2.05) is 13.0 Å². The van der Waals surface area contributed by atoms with Gasteiger partial charge >= 0.3 is 0 Å². The number of nitrogens with one attached hydrogen (secondary N) is 2. The van der Waals surface area contributed by atoms with Crippen LogP contribution < -0.4 is 20.1 Å². The van der Waals surface area contributed by atoms with E-state index in [4.69, 9.17) is 9.47 Å². The first-order chi connectivity index (χ1) is 11.1. The number of guanidine groups is 1. The van der Waals surface area contributed by atoms with Gasteiger partial charge in [-0.05, 0) is 32.9 Å². The number of aliphatic imine (C=N–C) groups is 1. The Morgan fingerprint density at radius 2 is 1.92 bits per heavy atom. The van der Waals surface area contributed by atoms with Gasteiger partial charge < -0.3 is 20.1 Å². The molecule has 0 saturated heterocycles. The standard InChI is InChI=1S/C16H27N3O4S.HI/c1-7-23-14-10-12(8-9-13(14)22-5)19-15(17-4)18-11-16(2,3)24(6,20)21;/h8-10H,7,11H2,1-6H3,(H2,17,18,19);1H. The SMILES string of the molecule is CCOc1cc(NC(=NC)NCC(C)(C)S(C)(=O)=O)ccc1OC.I. The molecule has 0 unspecified atom stereocenters. The molecule has 0 aliphatic carbocycles. The number of methoxy groups -OCH3 is 1. The van der Waals surface area contributed by atoms with E-state index >= 15 is 0 Å². The summed E-state index contributed by atoms with van der Waals surface area (Å²) in [6, 6.07) is 5.42. The summed E-state index contributed by atoms with van der Waals surface area (Å²) in [4.78, 5) is 4.11. The van der Waals surface area contributed by atoms with Crippen LogP contribution in [0.3, 0.4) is 0 Å². The lowest BCUT2D eigenvalue weighted by Crippen LogP contribution is -2.45. The zero-order valence-corrected chi connectivity index (χ0v) is 18.7. The van der Waals surface area contributed by atoms with Crippen LogP contribution in [0.15, 0.2) is 23.2 Å². The van der Waals surface area contributed by atoms with Crippen LogP contribution in [0.2, 0.25) is 0 Å². The second-order valence-corrected chi connectivity index (χ2v) is 8.53. The predicted octanol–water partition coefficient (Wildman–Crippen LogP) is 2.52. The number of rotatable bonds is 7. The van der Waals surface area contributed by atoms with E-state index in [-0.39, 0.29) is 30.5 Å². The van der Waals surface area contributed by atoms with Crippen molar-refractivity contribution in [3.8, 4) is 11.5 Å². The minimum absolute atomic E-state index is 0. The summed E-state index contributed by atoms with van der Waals surface area (Å²) in [7, 11) is 0.0189. The molecule has 144 valence electrons. The molecule has 1 aromatic carbocycles. The molecule has 2 N–H and O–H groups in total. The number of nitrogens with zero attached hydrogens (tertiary/aromatic N) is 1. The van der Waals surface area contributed by atoms with E-state index in [2.05, 4.69) is 15.6 Å². The summed E-state index contributed by atoms with van der Waals surface area (Å²) < 4.78 is 33.4. The van der Waals surface area contributed by atoms with Crippen LogP contribution >= 0.6 is 24.0 Å². The Morgan fingerprint density at radius 3 is 2.40 bits per heavy atom. The average molecular weight is 485 g/mol. The minimum Gasteiger partial charge on any atom is -0.493 e. The monoisotopic (exact) mass is 485 g/mol. The molecular weight excluding hydrogens is 457 g/mol. The van der Waals surface area contributed by atoms with Crippen molar-refractivity contribution >= 4 is 45.5 Å². The third kappa shape index (κ3) is 6.89. The lowest BCUT2D eigenvalue weighted by Gasteiger charge is -2.24. The van der Waals surface area contributed by atoms with E-state index in [0.29, 0.717) is 24.1 Å². The second-order valence-electron chi connectivity index (χ2n) is 5.88. The van der Waals surface area contributed by atoms with Crippen molar-refractivity contribution in [3.05, 3.63) is 18.2 Å². The Kier molecular flexibility index (Phi) is 9.55. The number of hydrogen-bond donors (Lipinski definition) is 2. The third-order valence-electron chi connectivity index (χ3n) is 3.64. The fraction of sp³-hybridized carbons (Fsp3) is 0.562. The molecule has 1 aromatic rings. The highest BCUT2D eigenvalue weighted by Gasteiger charge is 2.30. The summed E-state index contributed by atoms with van der Waals surface area (Å²) in [6.45, 7) is 6.00. The zero-order valence-electron chi connectivity index (χ0n) is 15.5. The number of hydrogen-bond acceptors (Lipinski definition) is 5. The lowest BCUT2D eigenvalue weighted by molar-refractivity contribution is 0.311. The maximum absolute atomic E-state index is 11.8. The van der Waals surface area contributed by atoms with Crippen molar-refractivity contribution in [2.45, 2.75) is 25.5 Å². The number of ether oxygens (including phenoxy) is 2. The van der Waals surface area contributed by atoms with Crippen molar-refractivity contribution in [2.75, 3.05) is 38.9 Å². The molecule has 0 saturated carbocycles. The largest absolute Gasteiger partial charge is 0.493 e. The number of anilines is 1. The van der Waals surface area contributed by atoms with Crippen molar-refractivity contribution in [3.63, 3.8) is 0 Å². The summed E-state index contributed by atoms with van der Waals surface area (Å²) in [5.41, 5.74) is 0.754. The first-order valence-electron chi connectivity index (χ1n) is 7.62. The Bertz CT molecular complexity index is 691. The summed E-state index contributed by atoms with van der Waals surface area (Å²) in [5, 5.41) is 6.14. The molecular formula is C16H28IN3O4S. The highest BCUT2D eigenvalue weighted by Crippen LogP contribution is 2.30. The molecule has 7 nitrogen and oxygen atoms in total. The van der Waals surface area contributed by atoms with Crippen LogP contribution in [0, 0.1) is 0 Å². The van der Waals surface area contributed by atoms with Crippen LogP contribution in [-0.2, 0) is 9.84 Å². The molecule has 0 bridgehead atoms. The van der Waals surface area contributed by atoms with Gasteiger partial charge in [0.15, 0.2) is 27.3 Å². The Hall–Kier alpha value is -1.23. The molecule has 25 heavy (non-hydrogen) atoms. The van der Waals surface area contributed by atoms with E-state index in [1.165, 1.54) is 6.26 Å². The maximum atomic E-state index is 11.8. The molecule has 0 heterocycles. The smallest absolute Gasteiger partial charge is 0.195 e. The molecule has 1 rings (SSSR count). The van der Waals surface area contributed by atoms with Gasteiger partial charge in [-0.15, -0.1) is 24.0 Å². The Balaban J connectivity index is 0.00000576. The van der Waals surface area contributed by atoms with E-state index in [9.17, 15) is 8.42 Å². The zero-order chi connectivity index (χ0) is 18.4. The molecule has 0 spiro atoms.